The lowest BCUT2D eigenvalue weighted by Gasteiger charge is -2.26. The zero-order valence-corrected chi connectivity index (χ0v) is 9.50. The fourth-order valence-corrected chi connectivity index (χ4v) is 2.70. The molecule has 86 valence electrons. The van der Waals surface area contributed by atoms with Crippen LogP contribution < -0.4 is 0 Å². The van der Waals surface area contributed by atoms with Gasteiger partial charge in [-0.2, -0.15) is 0 Å². The SMILES string of the molecule is O=C(c1ccccc1F)N1CCS(=O)CC1. The van der Waals surface area contributed by atoms with E-state index in [1.165, 1.54) is 12.1 Å². The standard InChI is InChI=1S/C11H12FNO2S/c12-10-4-2-1-3-9(10)11(14)13-5-7-16(15)8-6-13/h1-4H,5-8H2. The van der Waals surface area contributed by atoms with Gasteiger partial charge in [-0.1, -0.05) is 12.1 Å². The Kier molecular flexibility index (Phi) is 3.33. The summed E-state index contributed by atoms with van der Waals surface area (Å²) in [5, 5.41) is 0. The minimum absolute atomic E-state index is 0.0928. The van der Waals surface area contributed by atoms with Crippen molar-refractivity contribution in [2.45, 2.75) is 0 Å². The molecule has 1 amide bonds. The number of amides is 1. The molecule has 3 nitrogen and oxygen atoms in total. The number of carbonyl (C=O) groups is 1. The molecule has 0 aliphatic carbocycles. The van der Waals surface area contributed by atoms with Crippen molar-refractivity contribution in [2.24, 2.45) is 0 Å². The normalized spacial score (nSPS) is 17.4. The van der Waals surface area contributed by atoms with Crippen LogP contribution in [0.25, 0.3) is 0 Å². The summed E-state index contributed by atoms with van der Waals surface area (Å²) in [6.07, 6.45) is 0. The average Bonchev–Trinajstić information content (AvgIpc) is 2.30. The molecule has 0 unspecified atom stereocenters. The van der Waals surface area contributed by atoms with Gasteiger partial charge in [0.05, 0.1) is 5.56 Å². The van der Waals surface area contributed by atoms with Gasteiger partial charge in [0.1, 0.15) is 5.82 Å². The number of benzene rings is 1. The van der Waals surface area contributed by atoms with Gasteiger partial charge in [0.2, 0.25) is 0 Å². The van der Waals surface area contributed by atoms with Crippen molar-refractivity contribution in [3.8, 4) is 0 Å². The summed E-state index contributed by atoms with van der Waals surface area (Å²) in [4.78, 5) is 13.5. The van der Waals surface area contributed by atoms with E-state index in [0.717, 1.165) is 0 Å². The maximum atomic E-state index is 13.4. The number of nitrogens with zero attached hydrogens (tertiary/aromatic N) is 1. The summed E-state index contributed by atoms with van der Waals surface area (Å²) in [6.45, 7) is 0.888. The zero-order chi connectivity index (χ0) is 11.5. The van der Waals surface area contributed by atoms with Crippen LogP contribution in [0.4, 0.5) is 4.39 Å². The predicted molar refractivity (Wildman–Crippen MR) is 60.2 cm³/mol. The van der Waals surface area contributed by atoms with Crippen molar-refractivity contribution in [2.75, 3.05) is 24.6 Å². The summed E-state index contributed by atoms with van der Waals surface area (Å²) in [5.74, 6) is 0.161. The van der Waals surface area contributed by atoms with E-state index in [4.69, 9.17) is 0 Å². The molecule has 0 atom stereocenters. The maximum Gasteiger partial charge on any atom is 0.256 e. The highest BCUT2D eigenvalue weighted by molar-refractivity contribution is 7.85. The van der Waals surface area contributed by atoms with Crippen molar-refractivity contribution in [1.29, 1.82) is 0 Å². The van der Waals surface area contributed by atoms with E-state index < -0.39 is 16.6 Å². The first kappa shape index (κ1) is 11.3. The smallest absolute Gasteiger partial charge is 0.256 e. The van der Waals surface area contributed by atoms with E-state index in [1.807, 2.05) is 0 Å². The van der Waals surface area contributed by atoms with Gasteiger partial charge in [-0.3, -0.25) is 9.00 Å². The molecule has 0 bridgehead atoms. The van der Waals surface area contributed by atoms with Gasteiger partial charge >= 0.3 is 0 Å². The highest BCUT2D eigenvalue weighted by Gasteiger charge is 2.22. The first-order chi connectivity index (χ1) is 7.68. The summed E-state index contributed by atoms with van der Waals surface area (Å²) < 4.78 is 24.5. The van der Waals surface area contributed by atoms with Gasteiger partial charge in [-0.05, 0) is 12.1 Å². The molecule has 1 aliphatic heterocycles. The fourth-order valence-electron chi connectivity index (χ4n) is 1.65. The van der Waals surface area contributed by atoms with Crippen LogP contribution in [0.1, 0.15) is 10.4 Å². The van der Waals surface area contributed by atoms with Crippen LogP contribution in [0.15, 0.2) is 24.3 Å². The molecule has 1 heterocycles. The van der Waals surface area contributed by atoms with Crippen LogP contribution in [-0.2, 0) is 10.8 Å². The van der Waals surface area contributed by atoms with Crippen LogP contribution in [0, 0.1) is 5.82 Å². The van der Waals surface area contributed by atoms with Crippen molar-refractivity contribution in [3.63, 3.8) is 0 Å². The summed E-state index contributed by atoms with van der Waals surface area (Å²) in [6, 6.07) is 5.94. The van der Waals surface area contributed by atoms with Gasteiger partial charge < -0.3 is 4.90 Å². The second-order valence-corrected chi connectivity index (χ2v) is 5.32. The Balaban J connectivity index is 2.14. The first-order valence-electron chi connectivity index (χ1n) is 5.07. The van der Waals surface area contributed by atoms with Crippen LogP contribution in [-0.4, -0.2) is 39.6 Å². The Hall–Kier alpha value is -1.23. The molecule has 0 spiro atoms. The van der Waals surface area contributed by atoms with Crippen molar-refractivity contribution in [3.05, 3.63) is 35.6 Å². The Morgan fingerprint density at radius 2 is 1.88 bits per heavy atom. The molecule has 2 rings (SSSR count). The first-order valence-corrected chi connectivity index (χ1v) is 6.56. The molecule has 0 radical (unpaired) electrons. The van der Waals surface area contributed by atoms with E-state index in [-0.39, 0.29) is 11.5 Å². The Labute approximate surface area is 95.7 Å². The molecule has 0 N–H and O–H groups in total. The molecule has 16 heavy (non-hydrogen) atoms. The van der Waals surface area contributed by atoms with Crippen molar-refractivity contribution in [1.82, 2.24) is 4.90 Å². The van der Waals surface area contributed by atoms with Crippen LogP contribution in [0.2, 0.25) is 0 Å². The summed E-state index contributed by atoms with van der Waals surface area (Å²) in [5.41, 5.74) is 0.0928. The third-order valence-electron chi connectivity index (χ3n) is 2.57. The van der Waals surface area contributed by atoms with Crippen LogP contribution >= 0.6 is 0 Å². The lowest BCUT2D eigenvalue weighted by Crippen LogP contribution is -2.42. The van der Waals surface area contributed by atoms with E-state index in [0.29, 0.717) is 24.6 Å². The molecule has 1 saturated heterocycles. The lowest BCUT2D eigenvalue weighted by atomic mass is 10.2. The average molecular weight is 241 g/mol. The Morgan fingerprint density at radius 3 is 2.50 bits per heavy atom. The number of hydrogen-bond donors (Lipinski definition) is 0. The van der Waals surface area contributed by atoms with Gasteiger partial charge in [0, 0.05) is 35.4 Å². The molecule has 0 aromatic heterocycles. The van der Waals surface area contributed by atoms with E-state index >= 15 is 0 Å². The predicted octanol–water partition coefficient (Wildman–Crippen LogP) is 1.03. The fraction of sp³-hybridized carbons (Fsp3) is 0.364. The van der Waals surface area contributed by atoms with Crippen molar-refractivity contribution < 1.29 is 13.4 Å². The molecule has 1 aromatic carbocycles. The largest absolute Gasteiger partial charge is 0.337 e. The third-order valence-corrected chi connectivity index (χ3v) is 3.85. The highest BCUT2D eigenvalue weighted by atomic mass is 32.2. The molecule has 1 aromatic rings. The Morgan fingerprint density at radius 1 is 1.25 bits per heavy atom. The van der Waals surface area contributed by atoms with Gasteiger partial charge in [0.25, 0.3) is 5.91 Å². The van der Waals surface area contributed by atoms with E-state index in [2.05, 4.69) is 0 Å². The van der Waals surface area contributed by atoms with Gasteiger partial charge in [-0.15, -0.1) is 0 Å². The second-order valence-electron chi connectivity index (χ2n) is 3.62. The molecular weight excluding hydrogens is 229 g/mol. The Bertz CT molecular complexity index is 426. The molecule has 0 saturated carbocycles. The third kappa shape index (κ3) is 2.29. The van der Waals surface area contributed by atoms with Crippen molar-refractivity contribution >= 4 is 16.7 Å². The molecule has 5 heteroatoms. The number of rotatable bonds is 1. The summed E-state index contributed by atoms with van der Waals surface area (Å²) >= 11 is 0. The molecular formula is C11H12FNO2S. The number of halogens is 1. The second kappa shape index (κ2) is 4.74. The van der Waals surface area contributed by atoms with Crippen LogP contribution in [0.5, 0.6) is 0 Å². The quantitative estimate of drug-likeness (QED) is 0.736. The topological polar surface area (TPSA) is 37.4 Å². The highest BCUT2D eigenvalue weighted by Crippen LogP contribution is 2.11. The monoisotopic (exact) mass is 241 g/mol. The zero-order valence-electron chi connectivity index (χ0n) is 8.69. The van der Waals surface area contributed by atoms with E-state index in [1.54, 1.807) is 17.0 Å². The number of carbonyl (C=O) groups excluding carboxylic acids is 1. The lowest BCUT2D eigenvalue weighted by molar-refractivity contribution is 0.0766. The minimum atomic E-state index is -0.827. The summed E-state index contributed by atoms with van der Waals surface area (Å²) in [7, 11) is -0.827. The van der Waals surface area contributed by atoms with E-state index in [9.17, 15) is 13.4 Å². The van der Waals surface area contributed by atoms with Gasteiger partial charge in [0.15, 0.2) is 0 Å². The minimum Gasteiger partial charge on any atom is -0.337 e. The number of hydrogen-bond acceptors (Lipinski definition) is 2. The maximum absolute atomic E-state index is 13.4. The molecule has 1 fully saturated rings. The van der Waals surface area contributed by atoms with Gasteiger partial charge in [-0.25, -0.2) is 4.39 Å². The van der Waals surface area contributed by atoms with Crippen LogP contribution in [0.3, 0.4) is 0 Å². The molecule has 1 aliphatic rings.